The molecule has 2 aliphatic rings. The second-order valence-corrected chi connectivity index (χ2v) is 5.45. The zero-order valence-electron chi connectivity index (χ0n) is 10.5. The van der Waals surface area contributed by atoms with Crippen LogP contribution in [0, 0.1) is 0 Å². The number of rotatable bonds is 1. The lowest BCUT2D eigenvalue weighted by Gasteiger charge is -2.44. The number of nitrogens with zero attached hydrogens (tertiary/aromatic N) is 2. The Morgan fingerprint density at radius 2 is 2.21 bits per heavy atom. The monoisotopic (exact) mass is 323 g/mol. The summed E-state index contributed by atoms with van der Waals surface area (Å²) in [6, 6.07) is 5.22. The van der Waals surface area contributed by atoms with Crippen LogP contribution in [0.4, 0.5) is 11.4 Å². The van der Waals surface area contributed by atoms with Crippen molar-refractivity contribution in [3.8, 4) is 0 Å². The van der Waals surface area contributed by atoms with Gasteiger partial charge in [0.05, 0.1) is 17.9 Å². The molecule has 0 bridgehead atoms. The van der Waals surface area contributed by atoms with Crippen molar-refractivity contribution in [2.24, 2.45) is 0 Å². The predicted octanol–water partition coefficient (Wildman–Crippen LogP) is 1.12. The maximum Gasteiger partial charge on any atom is 0.251 e. The summed E-state index contributed by atoms with van der Waals surface area (Å²) in [4.78, 5) is 28.0. The zero-order valence-corrected chi connectivity index (χ0v) is 12.1. The van der Waals surface area contributed by atoms with Gasteiger partial charge in [0.15, 0.2) is 0 Å². The van der Waals surface area contributed by atoms with Crippen LogP contribution in [0.2, 0.25) is 0 Å². The Morgan fingerprint density at radius 1 is 1.42 bits per heavy atom. The standard InChI is InChI=1S/C13H14BrN3O2/c1-2-16-9-5-3-4-8(14)12(9)17-10(13(16)19)6-15-7-11(17)18/h3-5,10,15H,2,6-7H2,1H3. The average molecular weight is 324 g/mol. The van der Waals surface area contributed by atoms with Crippen molar-refractivity contribution in [3.63, 3.8) is 0 Å². The molecule has 100 valence electrons. The predicted molar refractivity (Wildman–Crippen MR) is 76.3 cm³/mol. The first-order valence-corrected chi connectivity index (χ1v) is 7.07. The smallest absolute Gasteiger partial charge is 0.251 e. The van der Waals surface area contributed by atoms with Gasteiger partial charge >= 0.3 is 0 Å². The molecule has 1 fully saturated rings. The van der Waals surface area contributed by atoms with Crippen LogP contribution >= 0.6 is 15.9 Å². The molecule has 1 aromatic carbocycles. The molecular weight excluding hydrogens is 310 g/mol. The van der Waals surface area contributed by atoms with Crippen molar-refractivity contribution in [2.45, 2.75) is 13.0 Å². The number of piperazine rings is 1. The fraction of sp³-hybridized carbons (Fsp3) is 0.385. The molecule has 1 atom stereocenters. The third-order valence-electron chi connectivity index (χ3n) is 3.56. The number of likely N-dealkylation sites (N-methyl/N-ethyl adjacent to an activating group) is 1. The van der Waals surface area contributed by atoms with Crippen molar-refractivity contribution < 1.29 is 9.59 Å². The number of anilines is 2. The fourth-order valence-electron chi connectivity index (χ4n) is 2.73. The maximum absolute atomic E-state index is 12.5. The Kier molecular flexibility index (Phi) is 3.06. The fourth-order valence-corrected chi connectivity index (χ4v) is 3.28. The third kappa shape index (κ3) is 1.78. The third-order valence-corrected chi connectivity index (χ3v) is 4.20. The molecule has 6 heteroatoms. The summed E-state index contributed by atoms with van der Waals surface area (Å²) in [5.41, 5.74) is 1.61. The molecule has 0 aliphatic carbocycles. The number of nitrogens with one attached hydrogen (secondary N) is 1. The van der Waals surface area contributed by atoms with Gasteiger partial charge < -0.3 is 10.2 Å². The molecule has 2 amide bonds. The van der Waals surface area contributed by atoms with Gasteiger partial charge in [0.2, 0.25) is 5.91 Å². The van der Waals surface area contributed by atoms with Gasteiger partial charge in [0, 0.05) is 17.6 Å². The Labute approximate surface area is 119 Å². The SMILES string of the molecule is CCN1C(=O)C2CNCC(=O)N2c2c(Br)cccc21. The van der Waals surface area contributed by atoms with Crippen molar-refractivity contribution in [1.29, 1.82) is 0 Å². The lowest BCUT2D eigenvalue weighted by atomic mass is 10.0. The van der Waals surface area contributed by atoms with Crippen LogP contribution in [0.3, 0.4) is 0 Å². The first-order chi connectivity index (χ1) is 9.15. The van der Waals surface area contributed by atoms with Crippen LogP contribution in [0.15, 0.2) is 22.7 Å². The van der Waals surface area contributed by atoms with E-state index in [1.165, 1.54) is 0 Å². The van der Waals surface area contributed by atoms with Crippen LogP contribution in [0.5, 0.6) is 0 Å². The number of amides is 2. The number of carbonyl (C=O) groups is 2. The summed E-state index contributed by atoms with van der Waals surface area (Å²) >= 11 is 3.50. The first kappa shape index (κ1) is 12.6. The Hall–Kier alpha value is -1.40. The van der Waals surface area contributed by atoms with Crippen LogP contribution in [-0.4, -0.2) is 37.5 Å². The van der Waals surface area contributed by atoms with Crippen LogP contribution in [0.1, 0.15) is 6.92 Å². The summed E-state index contributed by atoms with van der Waals surface area (Å²) in [5.74, 6) is -0.0813. The Balaban J connectivity index is 2.22. The largest absolute Gasteiger partial charge is 0.309 e. The molecule has 0 spiro atoms. The number of halogens is 1. The highest BCUT2D eigenvalue weighted by Crippen LogP contribution is 2.41. The van der Waals surface area contributed by atoms with Gasteiger partial charge in [0.1, 0.15) is 6.04 Å². The number of fused-ring (bicyclic) bond motifs is 3. The summed E-state index contributed by atoms with van der Waals surface area (Å²) in [6.45, 7) is 3.32. The molecule has 19 heavy (non-hydrogen) atoms. The normalized spacial score (nSPS) is 22.3. The van der Waals surface area contributed by atoms with Crippen LogP contribution < -0.4 is 15.1 Å². The van der Waals surface area contributed by atoms with Gasteiger partial charge in [-0.15, -0.1) is 0 Å². The zero-order chi connectivity index (χ0) is 13.6. The van der Waals surface area contributed by atoms with E-state index in [1.54, 1.807) is 9.80 Å². The van der Waals surface area contributed by atoms with Gasteiger partial charge in [-0.25, -0.2) is 0 Å². The van der Waals surface area contributed by atoms with E-state index in [-0.39, 0.29) is 18.4 Å². The van der Waals surface area contributed by atoms with E-state index in [2.05, 4.69) is 21.2 Å². The van der Waals surface area contributed by atoms with Crippen molar-refractivity contribution in [2.75, 3.05) is 29.4 Å². The van der Waals surface area contributed by atoms with Gasteiger partial charge in [-0.1, -0.05) is 6.07 Å². The van der Waals surface area contributed by atoms with Crippen molar-refractivity contribution in [1.82, 2.24) is 5.32 Å². The minimum absolute atomic E-state index is 0.0198. The lowest BCUT2D eigenvalue weighted by Crippen LogP contribution is -2.64. The molecule has 1 unspecified atom stereocenters. The second-order valence-electron chi connectivity index (χ2n) is 4.60. The first-order valence-electron chi connectivity index (χ1n) is 6.27. The molecule has 2 heterocycles. The minimum Gasteiger partial charge on any atom is -0.309 e. The topological polar surface area (TPSA) is 52.7 Å². The maximum atomic E-state index is 12.5. The quantitative estimate of drug-likeness (QED) is 0.842. The van der Waals surface area contributed by atoms with E-state index in [0.717, 1.165) is 15.8 Å². The molecule has 1 aromatic rings. The highest BCUT2D eigenvalue weighted by atomic mass is 79.9. The summed E-state index contributed by atoms with van der Waals surface area (Å²) in [5, 5.41) is 3.01. The van der Waals surface area contributed by atoms with E-state index in [0.29, 0.717) is 13.1 Å². The number of carbonyl (C=O) groups excluding carboxylic acids is 2. The molecule has 5 nitrogen and oxygen atoms in total. The van der Waals surface area contributed by atoms with Gasteiger partial charge in [-0.2, -0.15) is 0 Å². The average Bonchev–Trinajstić information content (AvgIpc) is 2.40. The van der Waals surface area contributed by atoms with Crippen LogP contribution in [0.25, 0.3) is 0 Å². The molecule has 0 radical (unpaired) electrons. The molecular formula is C13H14BrN3O2. The molecule has 2 aliphatic heterocycles. The van der Waals surface area contributed by atoms with E-state index >= 15 is 0 Å². The van der Waals surface area contributed by atoms with E-state index in [1.807, 2.05) is 25.1 Å². The lowest BCUT2D eigenvalue weighted by molar-refractivity contribution is -0.126. The minimum atomic E-state index is -0.438. The molecule has 1 N–H and O–H groups in total. The molecule has 0 saturated carbocycles. The van der Waals surface area contributed by atoms with Gasteiger partial charge in [-0.3, -0.25) is 14.5 Å². The number of hydrogen-bond donors (Lipinski definition) is 1. The Bertz CT molecular complexity index is 561. The summed E-state index contributed by atoms with van der Waals surface area (Å²) in [6.07, 6.45) is 0. The summed E-state index contributed by atoms with van der Waals surface area (Å²) in [7, 11) is 0. The van der Waals surface area contributed by atoms with E-state index < -0.39 is 6.04 Å². The van der Waals surface area contributed by atoms with E-state index in [4.69, 9.17) is 0 Å². The Morgan fingerprint density at radius 3 is 2.95 bits per heavy atom. The van der Waals surface area contributed by atoms with Gasteiger partial charge in [0.25, 0.3) is 5.91 Å². The second kappa shape index (κ2) is 4.61. The van der Waals surface area contributed by atoms with Crippen LogP contribution in [-0.2, 0) is 9.59 Å². The number of para-hydroxylation sites is 1. The molecule has 0 aromatic heterocycles. The number of hydrogen-bond acceptors (Lipinski definition) is 3. The van der Waals surface area contributed by atoms with Crippen molar-refractivity contribution >= 4 is 39.1 Å². The van der Waals surface area contributed by atoms with Gasteiger partial charge in [-0.05, 0) is 35.0 Å². The highest BCUT2D eigenvalue weighted by molar-refractivity contribution is 9.10. The van der Waals surface area contributed by atoms with E-state index in [9.17, 15) is 9.59 Å². The van der Waals surface area contributed by atoms with Crippen molar-refractivity contribution in [3.05, 3.63) is 22.7 Å². The highest BCUT2D eigenvalue weighted by Gasteiger charge is 2.43. The molecule has 3 rings (SSSR count). The molecule has 1 saturated heterocycles. The number of benzene rings is 1. The summed E-state index contributed by atoms with van der Waals surface area (Å²) < 4.78 is 0.844.